The van der Waals surface area contributed by atoms with Crippen molar-refractivity contribution in [2.75, 3.05) is 16.8 Å². The minimum Gasteiger partial charge on any atom is -0.366 e. The van der Waals surface area contributed by atoms with E-state index in [2.05, 4.69) is 50.0 Å². The van der Waals surface area contributed by atoms with E-state index >= 15 is 0 Å². The monoisotopic (exact) mass is 407 g/mol. The molecule has 1 heterocycles. The molecule has 0 bridgehead atoms. The highest BCUT2D eigenvalue weighted by Crippen LogP contribution is 2.43. The third kappa shape index (κ3) is 4.31. The fourth-order valence-electron chi connectivity index (χ4n) is 4.26. The van der Waals surface area contributed by atoms with Crippen LogP contribution in [0.3, 0.4) is 0 Å². The third-order valence-electron chi connectivity index (χ3n) is 5.52. The zero-order valence-electron chi connectivity index (χ0n) is 17.3. The molecule has 4 nitrogen and oxygen atoms in total. The minimum absolute atomic E-state index is 0.0426. The summed E-state index contributed by atoms with van der Waals surface area (Å²) in [6.07, 6.45) is 2.69. The fraction of sp³-hybridized carbons (Fsp3) is 0.333. The molecule has 0 radical (unpaired) electrons. The van der Waals surface area contributed by atoms with Crippen LogP contribution in [-0.2, 0) is 4.79 Å². The lowest BCUT2D eigenvalue weighted by Gasteiger charge is -2.47. The second-order valence-electron chi connectivity index (χ2n) is 8.08. The minimum atomic E-state index is -0.470. The molecule has 0 aliphatic carbocycles. The van der Waals surface area contributed by atoms with Gasteiger partial charge in [-0.1, -0.05) is 36.7 Å². The quantitative estimate of drug-likeness (QED) is 0.499. The first kappa shape index (κ1) is 21.0. The second kappa shape index (κ2) is 8.31. The lowest BCUT2D eigenvalue weighted by atomic mass is 9.79. The van der Waals surface area contributed by atoms with Crippen molar-refractivity contribution in [3.05, 3.63) is 64.2 Å². The van der Waals surface area contributed by atoms with Crippen LogP contribution in [0.4, 0.5) is 11.4 Å². The van der Waals surface area contributed by atoms with Crippen molar-refractivity contribution in [1.29, 1.82) is 5.26 Å². The second-order valence-corrected chi connectivity index (χ2v) is 8.49. The van der Waals surface area contributed by atoms with Crippen LogP contribution in [0, 0.1) is 11.3 Å². The van der Waals surface area contributed by atoms with Crippen LogP contribution in [-0.4, -0.2) is 18.0 Å². The number of carbonyl (C=O) groups is 1. The molecule has 0 spiro atoms. The number of hydrogen-bond acceptors (Lipinski definition) is 3. The van der Waals surface area contributed by atoms with Crippen LogP contribution in [0.25, 0.3) is 6.08 Å². The molecule has 2 aromatic rings. The lowest BCUT2D eigenvalue weighted by molar-refractivity contribution is -0.112. The molecule has 2 aromatic carbocycles. The summed E-state index contributed by atoms with van der Waals surface area (Å²) in [7, 11) is 0. The Morgan fingerprint density at radius 1 is 1.34 bits per heavy atom. The van der Waals surface area contributed by atoms with E-state index in [1.54, 1.807) is 30.3 Å². The van der Waals surface area contributed by atoms with Gasteiger partial charge in [0.2, 0.25) is 0 Å². The summed E-state index contributed by atoms with van der Waals surface area (Å²) >= 11 is 6.10. The van der Waals surface area contributed by atoms with Crippen molar-refractivity contribution in [2.24, 2.45) is 0 Å². The predicted molar refractivity (Wildman–Crippen MR) is 120 cm³/mol. The summed E-state index contributed by atoms with van der Waals surface area (Å²) in [6.45, 7) is 9.89. The number of halogens is 1. The summed E-state index contributed by atoms with van der Waals surface area (Å²) < 4.78 is 0. The molecular weight excluding hydrogens is 382 g/mol. The van der Waals surface area contributed by atoms with E-state index in [1.807, 2.05) is 12.1 Å². The van der Waals surface area contributed by atoms with Gasteiger partial charge in [0.05, 0.1) is 10.7 Å². The van der Waals surface area contributed by atoms with Crippen molar-refractivity contribution in [3.8, 4) is 6.07 Å². The molecule has 0 saturated carbocycles. The first-order chi connectivity index (χ1) is 13.8. The largest absolute Gasteiger partial charge is 0.366 e. The zero-order chi connectivity index (χ0) is 21.2. The number of para-hydroxylation sites is 1. The third-order valence-corrected chi connectivity index (χ3v) is 5.85. The highest BCUT2D eigenvalue weighted by atomic mass is 35.5. The van der Waals surface area contributed by atoms with E-state index in [0.29, 0.717) is 16.6 Å². The summed E-state index contributed by atoms with van der Waals surface area (Å²) in [4.78, 5) is 15.0. The van der Waals surface area contributed by atoms with Gasteiger partial charge in [0.1, 0.15) is 11.6 Å². The summed E-state index contributed by atoms with van der Waals surface area (Å²) in [5, 5.41) is 12.7. The molecule has 1 aliphatic heterocycles. The lowest BCUT2D eigenvalue weighted by Crippen LogP contribution is -2.48. The highest BCUT2D eigenvalue weighted by Gasteiger charge is 2.35. The average Bonchev–Trinajstić information content (AvgIpc) is 2.67. The average molecular weight is 408 g/mol. The smallest absolute Gasteiger partial charge is 0.266 e. The van der Waals surface area contributed by atoms with Crippen molar-refractivity contribution < 1.29 is 4.79 Å². The molecule has 29 heavy (non-hydrogen) atoms. The number of anilines is 2. The Morgan fingerprint density at radius 2 is 2.07 bits per heavy atom. The molecule has 3 rings (SSSR count). The van der Waals surface area contributed by atoms with Crippen LogP contribution in [0.2, 0.25) is 5.02 Å². The topological polar surface area (TPSA) is 56.1 Å². The van der Waals surface area contributed by atoms with Gasteiger partial charge in [-0.15, -0.1) is 0 Å². The van der Waals surface area contributed by atoms with Gasteiger partial charge in [-0.05, 0) is 74.6 Å². The SMILES string of the molecule is CCN1c2ccc(/C=C(/C#N)C(=O)Nc3ccccc3Cl)cc2C(C)CC1(C)C. The van der Waals surface area contributed by atoms with Gasteiger partial charge in [0.25, 0.3) is 5.91 Å². The molecule has 1 aliphatic rings. The van der Waals surface area contributed by atoms with Crippen molar-refractivity contribution in [1.82, 2.24) is 0 Å². The predicted octanol–water partition coefficient (Wildman–Crippen LogP) is 6.00. The van der Waals surface area contributed by atoms with Gasteiger partial charge in [0, 0.05) is 17.8 Å². The maximum Gasteiger partial charge on any atom is 0.266 e. The van der Waals surface area contributed by atoms with Gasteiger partial charge in [-0.2, -0.15) is 5.26 Å². The number of nitrogens with zero attached hydrogens (tertiary/aromatic N) is 2. The van der Waals surface area contributed by atoms with E-state index in [4.69, 9.17) is 11.6 Å². The Morgan fingerprint density at radius 3 is 2.72 bits per heavy atom. The fourth-order valence-corrected chi connectivity index (χ4v) is 4.45. The maximum absolute atomic E-state index is 12.6. The first-order valence-corrected chi connectivity index (χ1v) is 10.2. The zero-order valence-corrected chi connectivity index (χ0v) is 18.0. The van der Waals surface area contributed by atoms with E-state index in [1.165, 1.54) is 11.3 Å². The van der Waals surface area contributed by atoms with E-state index < -0.39 is 5.91 Å². The highest BCUT2D eigenvalue weighted by molar-refractivity contribution is 6.34. The number of rotatable bonds is 4. The summed E-state index contributed by atoms with van der Waals surface area (Å²) in [5.74, 6) is -0.0682. The number of fused-ring (bicyclic) bond motifs is 1. The number of benzene rings is 2. The molecular formula is C24H26ClN3O. The van der Waals surface area contributed by atoms with Gasteiger partial charge in [-0.25, -0.2) is 0 Å². The van der Waals surface area contributed by atoms with Crippen LogP contribution in [0.1, 0.15) is 51.2 Å². The van der Waals surface area contributed by atoms with Gasteiger partial charge in [-0.3, -0.25) is 4.79 Å². The molecule has 5 heteroatoms. The van der Waals surface area contributed by atoms with Gasteiger partial charge < -0.3 is 10.2 Å². The molecule has 1 unspecified atom stereocenters. The number of carbonyl (C=O) groups excluding carboxylic acids is 1. The summed E-state index contributed by atoms with van der Waals surface area (Å²) in [6, 6.07) is 15.1. The Hall–Kier alpha value is -2.77. The molecule has 1 atom stereocenters. The Labute approximate surface area is 177 Å². The van der Waals surface area contributed by atoms with Crippen LogP contribution < -0.4 is 10.2 Å². The Bertz CT molecular complexity index is 1000. The van der Waals surface area contributed by atoms with E-state index in [0.717, 1.165) is 18.5 Å². The first-order valence-electron chi connectivity index (χ1n) is 9.86. The van der Waals surface area contributed by atoms with Crippen LogP contribution >= 0.6 is 11.6 Å². The van der Waals surface area contributed by atoms with Crippen LogP contribution in [0.5, 0.6) is 0 Å². The number of nitriles is 1. The Kier molecular flexibility index (Phi) is 6.00. The number of hydrogen-bond donors (Lipinski definition) is 1. The number of amides is 1. The van der Waals surface area contributed by atoms with Crippen molar-refractivity contribution >= 4 is 35.0 Å². The van der Waals surface area contributed by atoms with Crippen molar-refractivity contribution in [3.63, 3.8) is 0 Å². The van der Waals surface area contributed by atoms with Crippen molar-refractivity contribution in [2.45, 2.75) is 45.6 Å². The molecule has 0 fully saturated rings. The van der Waals surface area contributed by atoms with Crippen LogP contribution in [0.15, 0.2) is 48.0 Å². The van der Waals surface area contributed by atoms with Gasteiger partial charge >= 0.3 is 0 Å². The molecule has 1 N–H and O–H groups in total. The van der Waals surface area contributed by atoms with E-state index in [9.17, 15) is 10.1 Å². The standard InChI is InChI=1S/C24H26ClN3O/c1-5-28-22-11-10-17(13-19(22)16(2)14-24(28,3)4)12-18(15-26)23(29)27-21-9-7-6-8-20(21)25/h6-13,16H,5,14H2,1-4H3,(H,27,29)/b18-12-. The maximum atomic E-state index is 12.6. The molecule has 150 valence electrons. The Balaban J connectivity index is 1.91. The molecule has 1 amide bonds. The molecule has 0 aromatic heterocycles. The normalized spacial score (nSPS) is 18.0. The van der Waals surface area contributed by atoms with Gasteiger partial charge in [0.15, 0.2) is 0 Å². The van der Waals surface area contributed by atoms with E-state index in [-0.39, 0.29) is 11.1 Å². The molecule has 0 saturated heterocycles. The number of nitrogens with one attached hydrogen (secondary N) is 1. The summed E-state index contributed by atoms with van der Waals surface area (Å²) in [5.41, 5.74) is 3.96.